The number of pyridine rings is 4. The van der Waals surface area contributed by atoms with Crippen molar-refractivity contribution in [3.8, 4) is 22.4 Å². The first-order valence-corrected chi connectivity index (χ1v) is 17.1. The molecule has 0 radical (unpaired) electrons. The molecule has 10 aromatic rings. The molecule has 5 nitrogen and oxygen atoms in total. The Balaban J connectivity index is 1.20. The molecule has 51 heavy (non-hydrogen) atoms. The summed E-state index contributed by atoms with van der Waals surface area (Å²) in [7, 11) is 0. The molecule has 0 bridgehead atoms. The van der Waals surface area contributed by atoms with Crippen LogP contribution in [0.3, 0.4) is 0 Å². The number of rotatable bonds is 5. The smallest absolute Gasteiger partial charge is 0.0970 e. The molecule has 0 aliphatic heterocycles. The molecule has 0 fully saturated rings. The normalized spacial score (nSPS) is 11.5. The fourth-order valence-corrected chi connectivity index (χ4v) is 7.47. The molecule has 0 amide bonds. The van der Waals surface area contributed by atoms with E-state index >= 15 is 0 Å². The van der Waals surface area contributed by atoms with Gasteiger partial charge >= 0.3 is 0 Å². The Morgan fingerprint density at radius 1 is 0.392 bits per heavy atom. The van der Waals surface area contributed by atoms with Gasteiger partial charge in [0.1, 0.15) is 0 Å². The lowest BCUT2D eigenvalue weighted by Gasteiger charge is -2.25. The van der Waals surface area contributed by atoms with Crippen molar-refractivity contribution in [1.82, 2.24) is 19.9 Å². The molecule has 4 aromatic heterocycles. The Kier molecular flexibility index (Phi) is 6.74. The van der Waals surface area contributed by atoms with Crippen molar-refractivity contribution in [1.29, 1.82) is 0 Å². The lowest BCUT2D eigenvalue weighted by atomic mass is 9.91. The van der Waals surface area contributed by atoms with Crippen LogP contribution in [-0.2, 0) is 0 Å². The first kappa shape index (κ1) is 29.0. The molecule has 0 aliphatic rings. The minimum atomic E-state index is 0.892. The van der Waals surface area contributed by atoms with Crippen LogP contribution in [0.5, 0.6) is 0 Å². The number of anilines is 3. The lowest BCUT2D eigenvalue weighted by molar-refractivity contribution is 1.28. The van der Waals surface area contributed by atoms with Gasteiger partial charge < -0.3 is 4.90 Å². The second-order valence-electron chi connectivity index (χ2n) is 12.7. The van der Waals surface area contributed by atoms with Gasteiger partial charge in [-0.25, -0.2) is 4.98 Å². The molecule has 0 N–H and O–H groups in total. The summed E-state index contributed by atoms with van der Waals surface area (Å²) in [4.78, 5) is 22.1. The highest BCUT2D eigenvalue weighted by atomic mass is 15.1. The van der Waals surface area contributed by atoms with Crippen molar-refractivity contribution in [2.45, 2.75) is 0 Å². The Labute approximate surface area is 294 Å². The molecule has 5 heteroatoms. The molecule has 0 saturated carbocycles. The zero-order valence-corrected chi connectivity index (χ0v) is 27.5. The van der Waals surface area contributed by atoms with Crippen LogP contribution in [-0.4, -0.2) is 19.9 Å². The molecular formula is C46H29N5. The van der Waals surface area contributed by atoms with E-state index in [1.807, 2.05) is 36.8 Å². The van der Waals surface area contributed by atoms with E-state index in [2.05, 4.69) is 144 Å². The third-order valence-corrected chi connectivity index (χ3v) is 9.76. The zero-order valence-electron chi connectivity index (χ0n) is 27.5. The average Bonchev–Trinajstić information content (AvgIpc) is 3.21. The van der Waals surface area contributed by atoms with E-state index in [0.717, 1.165) is 93.8 Å². The Hall–Kier alpha value is -6.98. The van der Waals surface area contributed by atoms with Crippen LogP contribution in [0.15, 0.2) is 176 Å². The predicted molar refractivity (Wildman–Crippen MR) is 211 cm³/mol. The largest absolute Gasteiger partial charge is 0.311 e. The molecule has 4 heterocycles. The summed E-state index contributed by atoms with van der Waals surface area (Å²) in [5.41, 5.74) is 11.1. The van der Waals surface area contributed by atoms with Crippen molar-refractivity contribution in [3.05, 3.63) is 176 Å². The van der Waals surface area contributed by atoms with Crippen molar-refractivity contribution in [2.24, 2.45) is 0 Å². The van der Waals surface area contributed by atoms with Gasteiger partial charge in [-0.1, -0.05) is 97.1 Å². The van der Waals surface area contributed by atoms with Gasteiger partial charge in [-0.15, -0.1) is 0 Å². The van der Waals surface area contributed by atoms with Crippen LogP contribution >= 0.6 is 0 Å². The number of fused-ring (bicyclic) bond motifs is 8. The maximum atomic E-state index is 5.29. The first-order valence-electron chi connectivity index (χ1n) is 17.1. The number of aromatic nitrogens is 4. The van der Waals surface area contributed by atoms with Crippen LogP contribution in [0, 0.1) is 0 Å². The number of nitrogens with zero attached hydrogens (tertiary/aromatic N) is 5. The summed E-state index contributed by atoms with van der Waals surface area (Å²) in [6.45, 7) is 0. The van der Waals surface area contributed by atoms with Gasteiger partial charge in [0.2, 0.25) is 0 Å². The van der Waals surface area contributed by atoms with Crippen molar-refractivity contribution < 1.29 is 0 Å². The van der Waals surface area contributed by atoms with Gasteiger partial charge in [0.15, 0.2) is 0 Å². The van der Waals surface area contributed by atoms with E-state index in [0.29, 0.717) is 0 Å². The second kappa shape index (κ2) is 11.9. The summed E-state index contributed by atoms with van der Waals surface area (Å²) >= 11 is 0. The van der Waals surface area contributed by atoms with Crippen LogP contribution in [0.2, 0.25) is 0 Å². The number of hydrogen-bond acceptors (Lipinski definition) is 5. The summed E-state index contributed by atoms with van der Waals surface area (Å²) < 4.78 is 0. The average molecular weight is 652 g/mol. The van der Waals surface area contributed by atoms with E-state index in [-0.39, 0.29) is 0 Å². The molecule has 238 valence electrons. The third kappa shape index (κ3) is 4.78. The molecule has 0 unspecified atom stereocenters. The minimum Gasteiger partial charge on any atom is -0.311 e. The number of para-hydroxylation sites is 3. The van der Waals surface area contributed by atoms with Crippen molar-refractivity contribution >= 4 is 71.4 Å². The van der Waals surface area contributed by atoms with E-state index in [1.165, 1.54) is 0 Å². The van der Waals surface area contributed by atoms with Gasteiger partial charge in [-0.05, 0) is 71.8 Å². The van der Waals surface area contributed by atoms with Gasteiger partial charge in [0.25, 0.3) is 0 Å². The molecule has 0 saturated heterocycles. The van der Waals surface area contributed by atoms with Crippen molar-refractivity contribution in [2.75, 3.05) is 4.90 Å². The summed E-state index contributed by atoms with van der Waals surface area (Å²) in [5, 5.41) is 6.47. The SMILES string of the molecule is c1ccc(N(c2ccccc2)c2ccc(-c3nc4ccccc4c4c3cnc3cccc(-c5ccnc6c5ccc5cccnc56)c34)cc2)cc1. The summed E-state index contributed by atoms with van der Waals surface area (Å²) in [6, 6.07) is 54.9. The van der Waals surface area contributed by atoms with Crippen LogP contribution in [0.1, 0.15) is 0 Å². The Morgan fingerprint density at radius 3 is 1.90 bits per heavy atom. The molecule has 0 spiro atoms. The zero-order chi connectivity index (χ0) is 33.7. The van der Waals surface area contributed by atoms with Crippen molar-refractivity contribution in [3.63, 3.8) is 0 Å². The van der Waals surface area contributed by atoms with Gasteiger partial charge in [-0.3, -0.25) is 15.0 Å². The van der Waals surface area contributed by atoms with Crippen LogP contribution in [0.25, 0.3) is 76.8 Å². The fourth-order valence-electron chi connectivity index (χ4n) is 7.47. The highest BCUT2D eigenvalue weighted by Gasteiger charge is 2.19. The number of hydrogen-bond donors (Lipinski definition) is 0. The molecule has 6 aromatic carbocycles. The fraction of sp³-hybridized carbons (Fsp3) is 0. The summed E-state index contributed by atoms with van der Waals surface area (Å²) in [6.07, 6.45) is 5.72. The quantitative estimate of drug-likeness (QED) is 0.173. The van der Waals surface area contributed by atoms with Crippen LogP contribution < -0.4 is 4.90 Å². The van der Waals surface area contributed by atoms with E-state index < -0.39 is 0 Å². The second-order valence-corrected chi connectivity index (χ2v) is 12.7. The van der Waals surface area contributed by atoms with Gasteiger partial charge in [-0.2, -0.15) is 0 Å². The monoisotopic (exact) mass is 651 g/mol. The van der Waals surface area contributed by atoms with E-state index in [1.54, 1.807) is 0 Å². The predicted octanol–water partition coefficient (Wildman–Crippen LogP) is 11.8. The maximum absolute atomic E-state index is 5.29. The highest BCUT2D eigenvalue weighted by Crippen LogP contribution is 2.43. The lowest BCUT2D eigenvalue weighted by Crippen LogP contribution is -2.09. The Bertz CT molecular complexity index is 2870. The minimum absolute atomic E-state index is 0.892. The molecular weight excluding hydrogens is 623 g/mol. The van der Waals surface area contributed by atoms with E-state index in [9.17, 15) is 0 Å². The van der Waals surface area contributed by atoms with Gasteiger partial charge in [0.05, 0.1) is 27.8 Å². The molecule has 10 rings (SSSR count). The van der Waals surface area contributed by atoms with E-state index in [4.69, 9.17) is 19.9 Å². The number of benzene rings is 6. The molecule has 0 aliphatic carbocycles. The van der Waals surface area contributed by atoms with Gasteiger partial charge in [0, 0.05) is 73.5 Å². The Morgan fingerprint density at radius 2 is 1.10 bits per heavy atom. The topological polar surface area (TPSA) is 54.8 Å². The first-order chi connectivity index (χ1) is 25.3. The molecule has 0 atom stereocenters. The third-order valence-electron chi connectivity index (χ3n) is 9.76. The standard InChI is InChI=1S/C46H29N5/c1-3-12-32(13-4-1)51(33-14-5-2-6-15-33)34-23-20-31(21-24-34)44-39-29-49-41-19-9-17-36(43(41)42(39)38-16-7-8-18-40(38)50-44)35-26-28-48-46-37(35)25-22-30-11-10-27-47-45(30)46/h1-29H. The summed E-state index contributed by atoms with van der Waals surface area (Å²) in [5.74, 6) is 0. The maximum Gasteiger partial charge on any atom is 0.0970 e. The van der Waals surface area contributed by atoms with Crippen LogP contribution in [0.4, 0.5) is 17.1 Å². The highest BCUT2D eigenvalue weighted by molar-refractivity contribution is 6.26.